The molecular formula is C20H14Br2O4S. The van der Waals surface area contributed by atoms with Crippen molar-refractivity contribution in [1.29, 1.82) is 0 Å². The Morgan fingerprint density at radius 2 is 1.41 bits per heavy atom. The number of benzene rings is 3. The zero-order chi connectivity index (χ0) is 19.4. The quantitative estimate of drug-likeness (QED) is 0.331. The van der Waals surface area contributed by atoms with E-state index >= 15 is 0 Å². The highest BCUT2D eigenvalue weighted by molar-refractivity contribution is 9.10. The van der Waals surface area contributed by atoms with Gasteiger partial charge in [-0.3, -0.25) is 0 Å². The summed E-state index contributed by atoms with van der Waals surface area (Å²) in [5, 5.41) is 0. The average molecular weight is 510 g/mol. The molecule has 0 saturated carbocycles. The van der Waals surface area contributed by atoms with Crippen LogP contribution in [0.3, 0.4) is 0 Å². The number of carbonyl (C=O) groups is 1. The largest absolute Gasteiger partial charge is 0.497 e. The average Bonchev–Trinajstić information content (AvgIpc) is 2.68. The second kappa shape index (κ2) is 8.82. The third kappa shape index (κ3) is 4.66. The van der Waals surface area contributed by atoms with Gasteiger partial charge in [0.1, 0.15) is 11.5 Å². The van der Waals surface area contributed by atoms with E-state index in [1.807, 2.05) is 6.07 Å². The lowest BCUT2D eigenvalue weighted by Gasteiger charge is -2.10. The maximum atomic E-state index is 12.9. The minimum atomic E-state index is -1.43. The van der Waals surface area contributed by atoms with E-state index in [1.54, 1.807) is 67.8 Å². The smallest absolute Gasteiger partial charge is 0.343 e. The highest BCUT2D eigenvalue weighted by Gasteiger charge is 2.16. The van der Waals surface area contributed by atoms with Crippen LogP contribution in [0.25, 0.3) is 0 Å². The number of hydrogen-bond acceptors (Lipinski definition) is 4. The molecule has 0 heterocycles. The van der Waals surface area contributed by atoms with Gasteiger partial charge in [-0.1, -0.05) is 18.2 Å². The molecule has 0 aromatic heterocycles. The van der Waals surface area contributed by atoms with Crippen molar-refractivity contribution in [3.8, 4) is 11.5 Å². The fraction of sp³-hybridized carbons (Fsp3) is 0.0500. The Morgan fingerprint density at radius 3 is 1.96 bits per heavy atom. The van der Waals surface area contributed by atoms with Crippen molar-refractivity contribution in [2.45, 2.75) is 9.79 Å². The van der Waals surface area contributed by atoms with Gasteiger partial charge in [-0.05, 0) is 80.4 Å². The molecule has 0 aliphatic carbocycles. The molecule has 1 unspecified atom stereocenters. The van der Waals surface area contributed by atoms with Crippen LogP contribution in [0.2, 0.25) is 0 Å². The van der Waals surface area contributed by atoms with Gasteiger partial charge >= 0.3 is 5.97 Å². The predicted molar refractivity (Wildman–Crippen MR) is 111 cm³/mol. The monoisotopic (exact) mass is 508 g/mol. The van der Waals surface area contributed by atoms with Gasteiger partial charge in [0.25, 0.3) is 0 Å². The summed E-state index contributed by atoms with van der Waals surface area (Å²) < 4.78 is 24.8. The molecular weight excluding hydrogens is 496 g/mol. The zero-order valence-electron chi connectivity index (χ0n) is 14.1. The Kier molecular flexibility index (Phi) is 6.46. The van der Waals surface area contributed by atoms with E-state index in [0.717, 1.165) is 0 Å². The topological polar surface area (TPSA) is 52.6 Å². The highest BCUT2D eigenvalue weighted by atomic mass is 79.9. The molecule has 0 aliphatic heterocycles. The molecule has 0 spiro atoms. The number of ether oxygens (including phenoxy) is 2. The van der Waals surface area contributed by atoms with Crippen molar-refractivity contribution >= 4 is 48.6 Å². The standard InChI is InChI=1S/C20H14Br2O4S/c1-25-14-7-9-18(16(21)11-14)27(24)19-10-8-15(12-17(19)22)26-20(23)13-5-3-2-4-6-13/h2-12H,1H3. The number of methoxy groups -OCH3 is 1. The van der Waals surface area contributed by atoms with Crippen molar-refractivity contribution in [2.75, 3.05) is 7.11 Å². The van der Waals surface area contributed by atoms with Gasteiger partial charge in [0.15, 0.2) is 0 Å². The number of carbonyl (C=O) groups excluding carboxylic acids is 1. The SMILES string of the molecule is COc1ccc(S(=O)c2ccc(OC(=O)c3ccccc3)cc2Br)c(Br)c1. The molecule has 1 atom stereocenters. The fourth-order valence-electron chi connectivity index (χ4n) is 2.31. The minimum absolute atomic E-state index is 0.366. The summed E-state index contributed by atoms with van der Waals surface area (Å²) in [4.78, 5) is 13.3. The predicted octanol–water partition coefficient (Wildman–Crippen LogP) is 5.61. The summed E-state index contributed by atoms with van der Waals surface area (Å²) in [6.07, 6.45) is 0. The maximum Gasteiger partial charge on any atom is 0.343 e. The van der Waals surface area contributed by atoms with Crippen LogP contribution >= 0.6 is 31.9 Å². The van der Waals surface area contributed by atoms with Crippen molar-refractivity contribution < 1.29 is 18.5 Å². The van der Waals surface area contributed by atoms with E-state index in [4.69, 9.17) is 9.47 Å². The maximum absolute atomic E-state index is 12.9. The van der Waals surface area contributed by atoms with Crippen LogP contribution in [0.4, 0.5) is 0 Å². The Balaban J connectivity index is 1.82. The van der Waals surface area contributed by atoms with E-state index in [1.165, 1.54) is 0 Å². The molecule has 0 bridgehead atoms. The highest BCUT2D eigenvalue weighted by Crippen LogP contribution is 2.33. The summed E-state index contributed by atoms with van der Waals surface area (Å²) in [5.41, 5.74) is 0.462. The lowest BCUT2D eigenvalue weighted by atomic mass is 10.2. The van der Waals surface area contributed by atoms with E-state index in [9.17, 15) is 9.00 Å². The van der Waals surface area contributed by atoms with Gasteiger partial charge < -0.3 is 9.47 Å². The van der Waals surface area contributed by atoms with Gasteiger partial charge in [-0.15, -0.1) is 0 Å². The third-order valence-corrected chi connectivity index (χ3v) is 7.01. The van der Waals surface area contributed by atoms with Crippen LogP contribution in [-0.4, -0.2) is 17.3 Å². The molecule has 0 amide bonds. The first kappa shape index (κ1) is 19.8. The molecule has 0 saturated heterocycles. The van der Waals surface area contributed by atoms with Gasteiger partial charge in [0, 0.05) is 8.95 Å². The lowest BCUT2D eigenvalue weighted by molar-refractivity contribution is 0.0734. The first-order chi connectivity index (χ1) is 13.0. The second-order valence-corrected chi connectivity index (χ2v) is 8.54. The lowest BCUT2D eigenvalue weighted by Crippen LogP contribution is -2.08. The number of esters is 1. The zero-order valence-corrected chi connectivity index (χ0v) is 18.1. The Bertz CT molecular complexity index is 1010. The van der Waals surface area contributed by atoms with Gasteiger partial charge in [0.05, 0.1) is 33.3 Å². The summed E-state index contributed by atoms with van der Waals surface area (Å²) in [7, 11) is 0.147. The van der Waals surface area contributed by atoms with Crippen LogP contribution in [0, 0.1) is 0 Å². The molecule has 138 valence electrons. The number of hydrogen-bond donors (Lipinski definition) is 0. The second-order valence-electron chi connectivity index (χ2n) is 5.41. The minimum Gasteiger partial charge on any atom is -0.497 e. The molecule has 3 aromatic rings. The van der Waals surface area contributed by atoms with Crippen LogP contribution in [0.5, 0.6) is 11.5 Å². The summed E-state index contributed by atoms with van der Waals surface area (Å²) >= 11 is 6.85. The molecule has 0 aliphatic rings. The third-order valence-electron chi connectivity index (χ3n) is 3.66. The van der Waals surface area contributed by atoms with Crippen molar-refractivity contribution in [3.63, 3.8) is 0 Å². The molecule has 3 rings (SSSR count). The molecule has 0 N–H and O–H groups in total. The van der Waals surface area contributed by atoms with E-state index in [-0.39, 0.29) is 0 Å². The van der Waals surface area contributed by atoms with Crippen molar-refractivity contribution in [3.05, 3.63) is 81.2 Å². The van der Waals surface area contributed by atoms with Gasteiger partial charge in [-0.25, -0.2) is 9.00 Å². The van der Waals surface area contributed by atoms with E-state index < -0.39 is 16.8 Å². The molecule has 27 heavy (non-hydrogen) atoms. The normalized spacial score (nSPS) is 11.7. The van der Waals surface area contributed by atoms with Crippen LogP contribution in [0.1, 0.15) is 10.4 Å². The number of rotatable bonds is 5. The fourth-order valence-corrected chi connectivity index (χ4v) is 5.00. The Morgan fingerprint density at radius 1 is 0.852 bits per heavy atom. The van der Waals surface area contributed by atoms with Crippen molar-refractivity contribution in [2.24, 2.45) is 0 Å². The molecule has 4 nitrogen and oxygen atoms in total. The van der Waals surface area contributed by atoms with Crippen LogP contribution < -0.4 is 9.47 Å². The summed E-state index contributed by atoms with van der Waals surface area (Å²) in [6, 6.07) is 18.9. The van der Waals surface area contributed by atoms with Crippen molar-refractivity contribution in [1.82, 2.24) is 0 Å². The first-order valence-electron chi connectivity index (χ1n) is 7.81. The molecule has 0 fully saturated rings. The molecule has 0 radical (unpaired) electrons. The Labute approximate surface area is 176 Å². The van der Waals surface area contributed by atoms with Crippen LogP contribution in [0.15, 0.2) is 85.5 Å². The summed E-state index contributed by atoms with van der Waals surface area (Å²) in [5.74, 6) is 0.587. The number of halogens is 2. The van der Waals surface area contributed by atoms with Crippen LogP contribution in [-0.2, 0) is 10.8 Å². The molecule has 7 heteroatoms. The summed E-state index contributed by atoms with van der Waals surface area (Å²) in [6.45, 7) is 0. The van der Waals surface area contributed by atoms with E-state index in [0.29, 0.717) is 35.8 Å². The Hall–Kier alpha value is -1.96. The van der Waals surface area contributed by atoms with Gasteiger partial charge in [0.2, 0.25) is 0 Å². The first-order valence-corrected chi connectivity index (χ1v) is 10.6. The molecule has 3 aromatic carbocycles. The van der Waals surface area contributed by atoms with E-state index in [2.05, 4.69) is 31.9 Å². The van der Waals surface area contributed by atoms with Gasteiger partial charge in [-0.2, -0.15) is 0 Å².